The van der Waals surface area contributed by atoms with Crippen LogP contribution in [0.4, 0.5) is 0 Å². The van der Waals surface area contributed by atoms with Crippen LogP contribution >= 0.6 is 0 Å². The average molecular weight is 216 g/mol. The Morgan fingerprint density at radius 3 is 2.62 bits per heavy atom. The second kappa shape index (κ2) is 4.97. The molecule has 0 fully saturated rings. The molecule has 1 aromatic rings. The van der Waals surface area contributed by atoms with Gasteiger partial charge in [-0.05, 0) is 56.0 Å². The first kappa shape index (κ1) is 10.9. The Balaban J connectivity index is 2.12. The van der Waals surface area contributed by atoms with Crippen LogP contribution in [0.5, 0.6) is 5.75 Å². The number of allylic oxidation sites excluding steroid dienone is 2. The van der Waals surface area contributed by atoms with E-state index in [2.05, 4.69) is 6.08 Å². The zero-order chi connectivity index (χ0) is 11.4. The highest BCUT2D eigenvalue weighted by Crippen LogP contribution is 2.22. The third-order valence-electron chi connectivity index (χ3n) is 2.76. The topological polar surface area (TPSA) is 26.3 Å². The normalized spacial score (nSPS) is 14.7. The van der Waals surface area contributed by atoms with Crippen LogP contribution in [-0.2, 0) is 0 Å². The molecule has 2 heteroatoms. The number of rotatable bonds is 4. The van der Waals surface area contributed by atoms with Gasteiger partial charge in [-0.3, -0.25) is 4.79 Å². The van der Waals surface area contributed by atoms with E-state index in [1.165, 1.54) is 0 Å². The van der Waals surface area contributed by atoms with Crippen LogP contribution < -0.4 is 4.74 Å². The molecule has 2 nitrogen and oxygen atoms in total. The molecule has 0 bridgehead atoms. The molecule has 16 heavy (non-hydrogen) atoms. The summed E-state index contributed by atoms with van der Waals surface area (Å²) in [4.78, 5) is 12.0. The lowest BCUT2D eigenvalue weighted by atomic mass is 10.0. The molecule has 0 N–H and O–H groups in total. The zero-order valence-corrected chi connectivity index (χ0v) is 9.53. The lowest BCUT2D eigenvalue weighted by Gasteiger charge is -2.04. The molecule has 0 atom stereocenters. The fourth-order valence-corrected chi connectivity index (χ4v) is 1.93. The first-order valence-corrected chi connectivity index (χ1v) is 5.78. The predicted octanol–water partition coefficient (Wildman–Crippen LogP) is 3.38. The summed E-state index contributed by atoms with van der Waals surface area (Å²) >= 11 is 0. The fourth-order valence-electron chi connectivity index (χ4n) is 1.93. The van der Waals surface area contributed by atoms with Crippen LogP contribution in [0.1, 0.15) is 36.5 Å². The van der Waals surface area contributed by atoms with Gasteiger partial charge in [0.25, 0.3) is 0 Å². The first-order valence-electron chi connectivity index (χ1n) is 5.78. The molecular formula is C14H16O2. The van der Waals surface area contributed by atoms with Crippen molar-refractivity contribution in [1.82, 2.24) is 0 Å². The summed E-state index contributed by atoms with van der Waals surface area (Å²) in [6.07, 6.45) is 5.13. The number of carbonyl (C=O) groups is 1. The third-order valence-corrected chi connectivity index (χ3v) is 2.76. The van der Waals surface area contributed by atoms with Crippen molar-refractivity contribution in [2.45, 2.75) is 26.2 Å². The molecule has 0 radical (unpaired) electrons. The van der Waals surface area contributed by atoms with Gasteiger partial charge in [0, 0.05) is 5.56 Å². The summed E-state index contributed by atoms with van der Waals surface area (Å²) in [5.74, 6) is 0.986. The quantitative estimate of drug-likeness (QED) is 0.721. The van der Waals surface area contributed by atoms with E-state index in [4.69, 9.17) is 4.74 Å². The predicted molar refractivity (Wildman–Crippen MR) is 63.9 cm³/mol. The second-order valence-corrected chi connectivity index (χ2v) is 3.91. The zero-order valence-electron chi connectivity index (χ0n) is 9.53. The Bertz CT molecular complexity index is 401. The van der Waals surface area contributed by atoms with Gasteiger partial charge in [0.05, 0.1) is 6.61 Å². The molecule has 0 saturated carbocycles. The standard InChI is InChI=1S/C14H16O2/c1-2-16-13-9-7-12(8-10-13)14(15)11-5-3-4-6-11/h5,7-10H,2-4,6H2,1H3. The van der Waals surface area contributed by atoms with Gasteiger partial charge in [0.2, 0.25) is 0 Å². The van der Waals surface area contributed by atoms with Gasteiger partial charge < -0.3 is 4.74 Å². The van der Waals surface area contributed by atoms with Crippen molar-refractivity contribution in [3.05, 3.63) is 41.5 Å². The molecular weight excluding hydrogens is 200 g/mol. The molecule has 0 amide bonds. The molecule has 1 aliphatic carbocycles. The Kier molecular flexibility index (Phi) is 3.40. The van der Waals surface area contributed by atoms with Crippen molar-refractivity contribution >= 4 is 5.78 Å². The number of carbonyl (C=O) groups excluding carboxylic acids is 1. The number of ketones is 1. The number of benzene rings is 1. The average Bonchev–Trinajstić information content (AvgIpc) is 2.83. The van der Waals surface area contributed by atoms with E-state index >= 15 is 0 Å². The van der Waals surface area contributed by atoms with Crippen LogP contribution in [0.3, 0.4) is 0 Å². The van der Waals surface area contributed by atoms with E-state index in [-0.39, 0.29) is 5.78 Å². The molecule has 1 aliphatic rings. The number of hydrogen-bond acceptors (Lipinski definition) is 2. The smallest absolute Gasteiger partial charge is 0.188 e. The molecule has 0 aliphatic heterocycles. The largest absolute Gasteiger partial charge is 0.494 e. The van der Waals surface area contributed by atoms with Gasteiger partial charge in [-0.2, -0.15) is 0 Å². The Labute approximate surface area is 95.9 Å². The van der Waals surface area contributed by atoms with Crippen molar-refractivity contribution in [2.24, 2.45) is 0 Å². The van der Waals surface area contributed by atoms with Gasteiger partial charge in [-0.15, -0.1) is 0 Å². The minimum atomic E-state index is 0.167. The second-order valence-electron chi connectivity index (χ2n) is 3.91. The maximum absolute atomic E-state index is 12.0. The van der Waals surface area contributed by atoms with E-state index in [1.54, 1.807) is 0 Å². The van der Waals surface area contributed by atoms with Gasteiger partial charge in [0.1, 0.15) is 5.75 Å². The summed E-state index contributed by atoms with van der Waals surface area (Å²) in [5.41, 5.74) is 1.72. The Morgan fingerprint density at radius 1 is 1.31 bits per heavy atom. The van der Waals surface area contributed by atoms with Crippen molar-refractivity contribution in [2.75, 3.05) is 6.61 Å². The summed E-state index contributed by atoms with van der Waals surface area (Å²) in [6, 6.07) is 7.39. The molecule has 0 spiro atoms. The van der Waals surface area contributed by atoms with E-state index in [0.29, 0.717) is 6.61 Å². The molecule has 0 saturated heterocycles. The van der Waals surface area contributed by atoms with E-state index < -0.39 is 0 Å². The van der Waals surface area contributed by atoms with Crippen LogP contribution in [-0.4, -0.2) is 12.4 Å². The maximum atomic E-state index is 12.0. The lowest BCUT2D eigenvalue weighted by molar-refractivity contribution is 0.103. The van der Waals surface area contributed by atoms with Gasteiger partial charge in [-0.1, -0.05) is 6.08 Å². The van der Waals surface area contributed by atoms with Crippen LogP contribution in [0.2, 0.25) is 0 Å². The molecule has 0 aromatic heterocycles. The van der Waals surface area contributed by atoms with Gasteiger partial charge in [-0.25, -0.2) is 0 Å². The fraction of sp³-hybridized carbons (Fsp3) is 0.357. The Morgan fingerprint density at radius 2 is 2.06 bits per heavy atom. The highest BCUT2D eigenvalue weighted by molar-refractivity contribution is 6.08. The highest BCUT2D eigenvalue weighted by atomic mass is 16.5. The van der Waals surface area contributed by atoms with E-state index in [1.807, 2.05) is 31.2 Å². The van der Waals surface area contributed by atoms with Crippen molar-refractivity contribution in [3.63, 3.8) is 0 Å². The van der Waals surface area contributed by atoms with Crippen LogP contribution in [0.25, 0.3) is 0 Å². The van der Waals surface area contributed by atoms with E-state index in [9.17, 15) is 4.79 Å². The maximum Gasteiger partial charge on any atom is 0.188 e. The highest BCUT2D eigenvalue weighted by Gasteiger charge is 2.14. The molecule has 1 aromatic carbocycles. The summed E-state index contributed by atoms with van der Waals surface area (Å²) in [6.45, 7) is 2.60. The van der Waals surface area contributed by atoms with Crippen molar-refractivity contribution in [3.8, 4) is 5.75 Å². The number of ether oxygens (including phenoxy) is 1. The van der Waals surface area contributed by atoms with Gasteiger partial charge in [0.15, 0.2) is 5.78 Å². The van der Waals surface area contributed by atoms with E-state index in [0.717, 1.165) is 36.1 Å². The minimum absolute atomic E-state index is 0.167. The van der Waals surface area contributed by atoms with Crippen LogP contribution in [0, 0.1) is 0 Å². The summed E-state index contributed by atoms with van der Waals surface area (Å²) in [7, 11) is 0. The molecule has 2 rings (SSSR count). The number of hydrogen-bond donors (Lipinski definition) is 0. The third kappa shape index (κ3) is 2.32. The van der Waals surface area contributed by atoms with Crippen molar-refractivity contribution < 1.29 is 9.53 Å². The van der Waals surface area contributed by atoms with Crippen LogP contribution in [0.15, 0.2) is 35.9 Å². The van der Waals surface area contributed by atoms with Gasteiger partial charge >= 0.3 is 0 Å². The summed E-state index contributed by atoms with van der Waals surface area (Å²) < 4.78 is 5.34. The summed E-state index contributed by atoms with van der Waals surface area (Å²) in [5, 5.41) is 0. The van der Waals surface area contributed by atoms with Crippen molar-refractivity contribution in [1.29, 1.82) is 0 Å². The monoisotopic (exact) mass is 216 g/mol. The minimum Gasteiger partial charge on any atom is -0.494 e. The SMILES string of the molecule is CCOc1ccc(C(=O)C2=CCCC2)cc1. The molecule has 0 unspecified atom stereocenters. The first-order chi connectivity index (χ1) is 7.81. The lowest BCUT2D eigenvalue weighted by Crippen LogP contribution is -2.01. The number of Topliss-reactive ketones (excluding diaryl/α,β-unsaturated/α-hetero) is 1. The molecule has 84 valence electrons. The Hall–Kier alpha value is -1.57. The molecule has 0 heterocycles.